The van der Waals surface area contributed by atoms with E-state index in [4.69, 9.17) is 14.2 Å². The predicted octanol–water partition coefficient (Wildman–Crippen LogP) is 4.28. The third-order valence-electron chi connectivity index (χ3n) is 4.47. The average Bonchev–Trinajstić information content (AvgIpc) is 2.78. The van der Waals surface area contributed by atoms with Gasteiger partial charge in [-0.15, -0.1) is 0 Å². The van der Waals surface area contributed by atoms with Crippen molar-refractivity contribution in [3.63, 3.8) is 0 Å². The molecule has 0 saturated carbocycles. The number of nitrogens with zero attached hydrogens (tertiary/aromatic N) is 1. The number of pyridine rings is 1. The van der Waals surface area contributed by atoms with Gasteiger partial charge in [0.1, 0.15) is 12.4 Å². The largest absolute Gasteiger partial charge is 0.493 e. The summed E-state index contributed by atoms with van der Waals surface area (Å²) < 4.78 is 16.9. The van der Waals surface area contributed by atoms with Crippen molar-refractivity contribution in [3.8, 4) is 17.2 Å². The number of Topliss-reactive ketones (excluding diaryl/α,β-unsaturated/α-hetero) is 1. The SMILES string of the molecule is COc1ccc(NC(=O)C(C)Oc2cccc(C(C)=O)c2)cc1OCc1cccnc1. The van der Waals surface area contributed by atoms with Crippen LogP contribution in [0.5, 0.6) is 17.2 Å². The van der Waals surface area contributed by atoms with Crippen molar-refractivity contribution in [1.29, 1.82) is 0 Å². The Hall–Kier alpha value is -3.87. The fourth-order valence-electron chi connectivity index (χ4n) is 2.80. The third-order valence-corrected chi connectivity index (χ3v) is 4.47. The van der Waals surface area contributed by atoms with Crippen LogP contribution >= 0.6 is 0 Å². The van der Waals surface area contributed by atoms with E-state index in [-0.39, 0.29) is 11.7 Å². The minimum Gasteiger partial charge on any atom is -0.493 e. The summed E-state index contributed by atoms with van der Waals surface area (Å²) in [6.45, 7) is 3.43. The highest BCUT2D eigenvalue weighted by Gasteiger charge is 2.17. The first-order chi connectivity index (χ1) is 15.0. The fourth-order valence-corrected chi connectivity index (χ4v) is 2.80. The predicted molar refractivity (Wildman–Crippen MR) is 117 cm³/mol. The Kier molecular flexibility index (Phi) is 7.22. The minimum absolute atomic E-state index is 0.0698. The summed E-state index contributed by atoms with van der Waals surface area (Å²) >= 11 is 0. The quantitative estimate of drug-likeness (QED) is 0.520. The molecule has 1 unspecified atom stereocenters. The summed E-state index contributed by atoms with van der Waals surface area (Å²) in [6.07, 6.45) is 2.64. The van der Waals surface area contributed by atoms with Crippen LogP contribution in [0.2, 0.25) is 0 Å². The maximum atomic E-state index is 12.6. The molecule has 3 aromatic rings. The smallest absolute Gasteiger partial charge is 0.265 e. The summed E-state index contributed by atoms with van der Waals surface area (Å²) in [5.74, 6) is 1.08. The van der Waals surface area contributed by atoms with Crippen molar-refractivity contribution < 1.29 is 23.8 Å². The summed E-state index contributed by atoms with van der Waals surface area (Å²) in [6, 6.07) is 15.6. The molecule has 0 aliphatic rings. The number of amides is 1. The Morgan fingerprint density at radius 2 is 1.90 bits per heavy atom. The van der Waals surface area contributed by atoms with Crippen LogP contribution in [-0.4, -0.2) is 29.9 Å². The van der Waals surface area contributed by atoms with Gasteiger partial charge in [-0.3, -0.25) is 14.6 Å². The van der Waals surface area contributed by atoms with Crippen molar-refractivity contribution in [1.82, 2.24) is 4.98 Å². The van der Waals surface area contributed by atoms with Gasteiger partial charge in [0.05, 0.1) is 7.11 Å². The third kappa shape index (κ3) is 6.05. The standard InChI is InChI=1S/C24H24N2O5/c1-16(27)19-7-4-8-21(12-19)31-17(2)24(28)26-20-9-10-22(29-3)23(13-20)30-15-18-6-5-11-25-14-18/h4-14,17H,15H2,1-3H3,(H,26,28). The average molecular weight is 420 g/mol. The maximum absolute atomic E-state index is 12.6. The molecule has 0 spiro atoms. The molecule has 0 saturated heterocycles. The van der Waals surface area contributed by atoms with Crippen LogP contribution in [0.3, 0.4) is 0 Å². The van der Waals surface area contributed by atoms with Gasteiger partial charge < -0.3 is 19.5 Å². The van der Waals surface area contributed by atoms with Crippen molar-refractivity contribution in [3.05, 3.63) is 78.1 Å². The number of hydrogen-bond donors (Lipinski definition) is 1. The van der Waals surface area contributed by atoms with Crippen LogP contribution in [0.1, 0.15) is 29.8 Å². The highest BCUT2D eigenvalue weighted by atomic mass is 16.5. The molecule has 0 radical (unpaired) electrons. The molecule has 1 heterocycles. The number of hydrogen-bond acceptors (Lipinski definition) is 6. The van der Waals surface area contributed by atoms with Crippen molar-refractivity contribution >= 4 is 17.4 Å². The van der Waals surface area contributed by atoms with E-state index in [0.29, 0.717) is 35.1 Å². The number of methoxy groups -OCH3 is 1. The van der Waals surface area contributed by atoms with E-state index in [1.54, 1.807) is 68.9 Å². The number of ether oxygens (including phenoxy) is 3. The molecule has 31 heavy (non-hydrogen) atoms. The summed E-state index contributed by atoms with van der Waals surface area (Å²) in [4.78, 5) is 28.2. The summed E-state index contributed by atoms with van der Waals surface area (Å²) in [5.41, 5.74) is 1.98. The van der Waals surface area contributed by atoms with E-state index in [9.17, 15) is 9.59 Å². The highest BCUT2D eigenvalue weighted by Crippen LogP contribution is 2.31. The van der Waals surface area contributed by atoms with E-state index in [1.165, 1.54) is 6.92 Å². The molecule has 1 aromatic heterocycles. The van der Waals surface area contributed by atoms with Gasteiger partial charge in [0.2, 0.25) is 0 Å². The van der Waals surface area contributed by atoms with Gasteiger partial charge in [0.25, 0.3) is 5.91 Å². The molecule has 0 aliphatic heterocycles. The van der Waals surface area contributed by atoms with Crippen molar-refractivity contribution in [2.45, 2.75) is 26.6 Å². The van der Waals surface area contributed by atoms with Crippen LogP contribution in [-0.2, 0) is 11.4 Å². The number of nitrogens with one attached hydrogen (secondary N) is 1. The second-order valence-corrected chi connectivity index (χ2v) is 6.85. The van der Waals surface area contributed by atoms with E-state index in [2.05, 4.69) is 10.3 Å². The Balaban J connectivity index is 1.66. The molecule has 2 aromatic carbocycles. The molecule has 0 fully saturated rings. The molecular weight excluding hydrogens is 396 g/mol. The second kappa shape index (κ2) is 10.2. The number of benzene rings is 2. The second-order valence-electron chi connectivity index (χ2n) is 6.85. The highest BCUT2D eigenvalue weighted by molar-refractivity contribution is 5.95. The van der Waals surface area contributed by atoms with Gasteiger partial charge in [-0.1, -0.05) is 18.2 Å². The first-order valence-electron chi connectivity index (χ1n) is 9.74. The minimum atomic E-state index is -0.774. The van der Waals surface area contributed by atoms with Crippen LogP contribution in [0.15, 0.2) is 67.0 Å². The number of carbonyl (C=O) groups is 2. The van der Waals surface area contributed by atoms with Gasteiger partial charge in [-0.25, -0.2) is 0 Å². The molecule has 0 bridgehead atoms. The summed E-state index contributed by atoms with van der Waals surface area (Å²) in [7, 11) is 1.55. The van der Waals surface area contributed by atoms with Gasteiger partial charge >= 0.3 is 0 Å². The normalized spacial score (nSPS) is 11.3. The lowest BCUT2D eigenvalue weighted by Crippen LogP contribution is -2.30. The lowest BCUT2D eigenvalue weighted by atomic mass is 10.1. The molecule has 1 amide bonds. The van der Waals surface area contributed by atoms with Gasteiger partial charge in [-0.2, -0.15) is 0 Å². The zero-order valence-corrected chi connectivity index (χ0v) is 17.6. The lowest BCUT2D eigenvalue weighted by Gasteiger charge is -2.16. The fraction of sp³-hybridized carbons (Fsp3) is 0.208. The molecular formula is C24H24N2O5. The molecule has 7 nitrogen and oxygen atoms in total. The first-order valence-corrected chi connectivity index (χ1v) is 9.74. The Morgan fingerprint density at radius 1 is 1.06 bits per heavy atom. The van der Waals surface area contributed by atoms with E-state index < -0.39 is 6.10 Å². The van der Waals surface area contributed by atoms with Crippen molar-refractivity contribution in [2.24, 2.45) is 0 Å². The van der Waals surface area contributed by atoms with Crippen LogP contribution in [0, 0.1) is 0 Å². The number of aromatic nitrogens is 1. The lowest BCUT2D eigenvalue weighted by molar-refractivity contribution is -0.122. The maximum Gasteiger partial charge on any atom is 0.265 e. The van der Waals surface area contributed by atoms with Crippen LogP contribution < -0.4 is 19.5 Å². The molecule has 3 rings (SSSR count). The van der Waals surface area contributed by atoms with Gasteiger partial charge in [-0.05, 0) is 44.2 Å². The van der Waals surface area contributed by atoms with E-state index >= 15 is 0 Å². The number of anilines is 1. The monoisotopic (exact) mass is 420 g/mol. The summed E-state index contributed by atoms with van der Waals surface area (Å²) in [5, 5.41) is 2.81. The number of carbonyl (C=O) groups excluding carboxylic acids is 2. The van der Waals surface area contributed by atoms with Crippen LogP contribution in [0.25, 0.3) is 0 Å². The van der Waals surface area contributed by atoms with Crippen LogP contribution in [0.4, 0.5) is 5.69 Å². The van der Waals surface area contributed by atoms with Gasteiger partial charge in [0, 0.05) is 35.3 Å². The number of ketones is 1. The van der Waals surface area contributed by atoms with Crippen molar-refractivity contribution in [2.75, 3.05) is 12.4 Å². The molecule has 1 atom stereocenters. The molecule has 0 aliphatic carbocycles. The Bertz CT molecular complexity index is 1050. The molecule has 1 N–H and O–H groups in total. The molecule has 160 valence electrons. The Morgan fingerprint density at radius 3 is 2.61 bits per heavy atom. The van der Waals surface area contributed by atoms with E-state index in [0.717, 1.165) is 5.56 Å². The van der Waals surface area contributed by atoms with Gasteiger partial charge in [0.15, 0.2) is 23.4 Å². The zero-order chi connectivity index (χ0) is 22.2. The topological polar surface area (TPSA) is 86.8 Å². The Labute approximate surface area is 181 Å². The number of rotatable bonds is 9. The molecule has 7 heteroatoms. The first kappa shape index (κ1) is 21.8. The zero-order valence-electron chi connectivity index (χ0n) is 17.6. The van der Waals surface area contributed by atoms with E-state index in [1.807, 2.05) is 12.1 Å².